The zero-order valence-corrected chi connectivity index (χ0v) is 11.6. The van der Waals surface area contributed by atoms with Gasteiger partial charge in [0.05, 0.1) is 19.8 Å². The predicted octanol–water partition coefficient (Wildman–Crippen LogP) is 0.298. The highest BCUT2D eigenvalue weighted by Gasteiger charge is 2.14. The lowest BCUT2D eigenvalue weighted by atomic mass is 10.1. The molecule has 0 aliphatic rings. The van der Waals surface area contributed by atoms with E-state index in [1.54, 1.807) is 7.11 Å². The Bertz CT molecular complexity index is 125. The van der Waals surface area contributed by atoms with E-state index in [1.807, 2.05) is 0 Å². The molecule has 0 fully saturated rings. The van der Waals surface area contributed by atoms with Crippen LogP contribution in [-0.4, -0.2) is 59.4 Å². The van der Waals surface area contributed by atoms with Gasteiger partial charge in [0, 0.05) is 13.7 Å². The van der Waals surface area contributed by atoms with E-state index in [9.17, 15) is 0 Å². The molecule has 0 atom stereocenters. The third-order valence-corrected chi connectivity index (χ3v) is 3.94. The quantitative estimate of drug-likeness (QED) is 0.458. The number of hydrogen-bond donors (Lipinski definition) is 0. The van der Waals surface area contributed by atoms with Crippen LogP contribution in [0.15, 0.2) is 0 Å². The van der Waals surface area contributed by atoms with Crippen LogP contribution in [0, 0.1) is 0 Å². The average molecular weight is 203 g/mol. The Morgan fingerprint density at radius 1 is 1.15 bits per heavy atom. The highest BCUT2D eigenvalue weighted by atomic mass is 27.1. The van der Waals surface area contributed by atoms with Crippen LogP contribution in [0.1, 0.15) is 20.8 Å². The molecule has 0 aromatic carbocycles. The number of rotatable bonds is 6. The molecule has 13 heavy (non-hydrogen) atoms. The lowest BCUT2D eigenvalue weighted by Crippen LogP contribution is -2.41. The van der Waals surface area contributed by atoms with Gasteiger partial charge in [-0.3, -0.25) is 0 Å². The van der Waals surface area contributed by atoms with Crippen LogP contribution in [0.4, 0.5) is 0 Å². The molecular formula is C9H22AlNO2. The first kappa shape index (κ1) is 13.4. The lowest BCUT2D eigenvalue weighted by molar-refractivity contribution is 0.0590. The Hall–Kier alpha value is 0.412. The Kier molecular flexibility index (Phi) is 7.02. The number of methoxy groups -OCH3 is 1. The van der Waals surface area contributed by atoms with Crippen molar-refractivity contribution in [2.75, 3.05) is 33.5 Å². The molecule has 0 unspecified atom stereocenters. The summed E-state index contributed by atoms with van der Waals surface area (Å²) in [6.07, 6.45) is 0. The minimum absolute atomic E-state index is 0.289. The van der Waals surface area contributed by atoms with E-state index in [0.717, 1.165) is 29.7 Å². The minimum Gasteiger partial charge on any atom is -0.384 e. The standard InChI is InChI=1S/C9H20NO2.Al.2H/c1-9(2,3)10-5-6-12-8-7-11-4;;;/h5-8H2,1-4H3;;;/q-1;+1;;. The molecule has 0 saturated heterocycles. The van der Waals surface area contributed by atoms with Gasteiger partial charge in [-0.05, 0) is 26.3 Å². The molecule has 0 amide bonds. The molecule has 0 aliphatic carbocycles. The van der Waals surface area contributed by atoms with Gasteiger partial charge in [-0.15, -0.1) is 0 Å². The summed E-state index contributed by atoms with van der Waals surface area (Å²) in [5.74, 6) is 0. The summed E-state index contributed by atoms with van der Waals surface area (Å²) in [5, 5.41) is 0. The molecule has 0 saturated carbocycles. The largest absolute Gasteiger partial charge is 0.384 e. The third kappa shape index (κ3) is 7.48. The fourth-order valence-corrected chi connectivity index (χ4v) is 0.964. The van der Waals surface area contributed by atoms with Gasteiger partial charge in [0.15, 0.2) is 0 Å². The topological polar surface area (TPSA) is 21.7 Å². The average Bonchev–Trinajstić information content (AvgIpc) is 2.02. The molecule has 0 aliphatic heterocycles. The number of nitrogens with zero attached hydrogens (tertiary/aromatic N) is 1. The molecule has 0 radical (unpaired) electrons. The summed E-state index contributed by atoms with van der Waals surface area (Å²) < 4.78 is 12.7. The van der Waals surface area contributed by atoms with Crippen molar-refractivity contribution < 1.29 is 9.47 Å². The van der Waals surface area contributed by atoms with Gasteiger partial charge in [0.2, 0.25) is 0 Å². The van der Waals surface area contributed by atoms with Crippen LogP contribution in [-0.2, 0) is 9.47 Å². The maximum atomic E-state index is 5.40. The maximum Gasteiger partial charge on any atom is 0.322 e. The van der Waals surface area contributed by atoms with E-state index in [1.165, 1.54) is 0 Å². The highest BCUT2D eigenvalue weighted by Crippen LogP contribution is 2.08. The third-order valence-electron chi connectivity index (χ3n) is 2.15. The normalized spacial score (nSPS) is 12.4. The van der Waals surface area contributed by atoms with E-state index in [2.05, 4.69) is 24.7 Å². The second kappa shape index (κ2) is 6.81. The molecule has 0 bridgehead atoms. The van der Waals surface area contributed by atoms with Crippen molar-refractivity contribution in [2.45, 2.75) is 26.3 Å². The Labute approximate surface area is 90.0 Å². The Morgan fingerprint density at radius 2 is 1.77 bits per heavy atom. The van der Waals surface area contributed by atoms with Crippen molar-refractivity contribution in [1.82, 2.24) is 3.88 Å². The van der Waals surface area contributed by atoms with Crippen molar-refractivity contribution in [1.29, 1.82) is 0 Å². The van der Waals surface area contributed by atoms with Crippen molar-refractivity contribution in [3.05, 3.63) is 0 Å². The van der Waals surface area contributed by atoms with Gasteiger partial charge in [0.25, 0.3) is 0 Å². The lowest BCUT2D eigenvalue weighted by Gasteiger charge is -2.33. The van der Waals surface area contributed by atoms with Crippen LogP contribution in [0.25, 0.3) is 0 Å². The van der Waals surface area contributed by atoms with Gasteiger partial charge in [-0.2, -0.15) is 0 Å². The summed E-state index contributed by atoms with van der Waals surface area (Å²) in [7, 11) is 1.69. The Morgan fingerprint density at radius 3 is 2.23 bits per heavy atom. The smallest absolute Gasteiger partial charge is 0.322 e. The summed E-state index contributed by atoms with van der Waals surface area (Å²) in [6.45, 7) is 9.93. The van der Waals surface area contributed by atoms with E-state index in [0.29, 0.717) is 13.2 Å². The highest BCUT2D eigenvalue weighted by molar-refractivity contribution is 6.04. The van der Waals surface area contributed by atoms with Gasteiger partial charge < -0.3 is 13.4 Å². The SMILES string of the molecule is COCCOCC[N]([AlH2])C(C)(C)C. The number of ether oxygens (including phenoxy) is 2. The summed E-state index contributed by atoms with van der Waals surface area (Å²) in [6, 6.07) is 0. The predicted molar refractivity (Wildman–Crippen MR) is 57.7 cm³/mol. The summed E-state index contributed by atoms with van der Waals surface area (Å²) in [5.41, 5.74) is 0.289. The minimum atomic E-state index is 0.289. The number of hydrogen-bond acceptors (Lipinski definition) is 3. The molecule has 0 N–H and O–H groups in total. The monoisotopic (exact) mass is 203 g/mol. The first-order valence-electron chi connectivity index (χ1n) is 4.76. The zero-order chi connectivity index (χ0) is 10.3. The molecule has 0 spiro atoms. The van der Waals surface area contributed by atoms with Crippen LogP contribution < -0.4 is 0 Å². The van der Waals surface area contributed by atoms with Crippen LogP contribution in [0.2, 0.25) is 0 Å². The molecular weight excluding hydrogens is 181 g/mol. The van der Waals surface area contributed by atoms with Crippen LogP contribution in [0.3, 0.4) is 0 Å². The molecule has 0 aromatic rings. The van der Waals surface area contributed by atoms with Gasteiger partial charge >= 0.3 is 16.5 Å². The second-order valence-electron chi connectivity index (χ2n) is 4.20. The van der Waals surface area contributed by atoms with E-state index in [4.69, 9.17) is 9.47 Å². The van der Waals surface area contributed by atoms with Gasteiger partial charge in [-0.25, -0.2) is 0 Å². The molecule has 0 heterocycles. The summed E-state index contributed by atoms with van der Waals surface area (Å²) >= 11 is 1.09. The first-order chi connectivity index (χ1) is 5.98. The van der Waals surface area contributed by atoms with Crippen molar-refractivity contribution in [2.24, 2.45) is 0 Å². The molecule has 0 rings (SSSR count). The fourth-order valence-electron chi connectivity index (χ4n) is 0.781. The molecule has 4 heteroatoms. The van der Waals surface area contributed by atoms with E-state index in [-0.39, 0.29) is 5.54 Å². The van der Waals surface area contributed by atoms with Crippen LogP contribution >= 0.6 is 0 Å². The van der Waals surface area contributed by atoms with Crippen molar-refractivity contribution >= 4 is 16.5 Å². The van der Waals surface area contributed by atoms with E-state index >= 15 is 0 Å². The first-order valence-corrected chi connectivity index (χ1v) is 5.66. The van der Waals surface area contributed by atoms with Gasteiger partial charge in [0.1, 0.15) is 0 Å². The maximum absolute atomic E-state index is 5.40. The van der Waals surface area contributed by atoms with Crippen molar-refractivity contribution in [3.8, 4) is 0 Å². The fraction of sp³-hybridized carbons (Fsp3) is 1.00. The molecule has 78 valence electrons. The Balaban J connectivity index is 3.32. The van der Waals surface area contributed by atoms with Gasteiger partial charge in [-0.1, -0.05) is 0 Å². The molecule has 3 nitrogen and oxygen atoms in total. The van der Waals surface area contributed by atoms with E-state index < -0.39 is 0 Å². The molecule has 0 aromatic heterocycles. The van der Waals surface area contributed by atoms with Crippen molar-refractivity contribution in [3.63, 3.8) is 0 Å². The summed E-state index contributed by atoms with van der Waals surface area (Å²) in [4.78, 5) is 0. The second-order valence-corrected chi connectivity index (χ2v) is 5.28. The van der Waals surface area contributed by atoms with Crippen LogP contribution in [0.5, 0.6) is 0 Å². The zero-order valence-electron chi connectivity index (χ0n) is 9.59.